The smallest absolute Gasteiger partial charge is 0.357 e. The highest BCUT2D eigenvalue weighted by atomic mass is 127. The van der Waals surface area contributed by atoms with Gasteiger partial charge in [0.25, 0.3) is 6.43 Å². The third-order valence-electron chi connectivity index (χ3n) is 1.80. The van der Waals surface area contributed by atoms with Gasteiger partial charge in [-0.2, -0.15) is 0 Å². The molecule has 0 fully saturated rings. The summed E-state index contributed by atoms with van der Waals surface area (Å²) in [6.45, 7) is 0. The normalized spacial score (nSPS) is 10.6. The van der Waals surface area contributed by atoms with Crippen molar-refractivity contribution in [2.24, 2.45) is 0 Å². The number of nitrogens with zero attached hydrogens (tertiary/aromatic N) is 1. The SMILES string of the molecule is COC(=O)c1nc(CBr)cc(I)c1C(F)F. The van der Waals surface area contributed by atoms with Crippen LogP contribution in [-0.4, -0.2) is 18.1 Å². The molecule has 0 bridgehead atoms. The predicted octanol–water partition coefficient (Wildman–Crippen LogP) is 3.31. The van der Waals surface area contributed by atoms with E-state index in [1.165, 1.54) is 6.07 Å². The lowest BCUT2D eigenvalue weighted by molar-refractivity contribution is 0.0581. The van der Waals surface area contributed by atoms with Gasteiger partial charge >= 0.3 is 5.97 Å². The van der Waals surface area contributed by atoms with Crippen LogP contribution in [0.4, 0.5) is 8.78 Å². The van der Waals surface area contributed by atoms with E-state index in [0.717, 1.165) is 7.11 Å². The highest BCUT2D eigenvalue weighted by molar-refractivity contribution is 14.1. The Kier molecular flexibility index (Phi) is 5.03. The van der Waals surface area contributed by atoms with Gasteiger partial charge in [0.2, 0.25) is 0 Å². The number of aromatic nitrogens is 1. The topological polar surface area (TPSA) is 39.2 Å². The lowest BCUT2D eigenvalue weighted by Crippen LogP contribution is -2.12. The van der Waals surface area contributed by atoms with Crippen molar-refractivity contribution < 1.29 is 18.3 Å². The van der Waals surface area contributed by atoms with E-state index in [-0.39, 0.29) is 11.3 Å². The van der Waals surface area contributed by atoms with Gasteiger partial charge in [-0.15, -0.1) is 0 Å². The first-order valence-electron chi connectivity index (χ1n) is 4.13. The van der Waals surface area contributed by atoms with Gasteiger partial charge in [0, 0.05) is 8.90 Å². The maximum absolute atomic E-state index is 12.8. The van der Waals surface area contributed by atoms with Crippen molar-refractivity contribution in [2.45, 2.75) is 11.8 Å². The Labute approximate surface area is 113 Å². The van der Waals surface area contributed by atoms with Crippen molar-refractivity contribution in [3.05, 3.63) is 26.6 Å². The number of carbonyl (C=O) groups is 1. The number of esters is 1. The number of hydrogen-bond donors (Lipinski definition) is 0. The van der Waals surface area contributed by atoms with Gasteiger partial charge in [-0.25, -0.2) is 18.6 Å². The number of rotatable bonds is 3. The fourth-order valence-corrected chi connectivity index (χ4v) is 2.24. The zero-order valence-corrected chi connectivity index (χ0v) is 11.9. The number of hydrogen-bond acceptors (Lipinski definition) is 3. The molecule has 1 rings (SSSR count). The summed E-state index contributed by atoms with van der Waals surface area (Å²) in [5, 5.41) is 0.385. The zero-order valence-electron chi connectivity index (χ0n) is 8.14. The van der Waals surface area contributed by atoms with Crippen molar-refractivity contribution in [1.29, 1.82) is 0 Å². The Hall–Kier alpha value is -0.310. The first-order chi connectivity index (χ1) is 7.51. The molecule has 7 heteroatoms. The zero-order chi connectivity index (χ0) is 12.3. The van der Waals surface area contributed by atoms with Crippen LogP contribution in [0.15, 0.2) is 6.07 Å². The summed E-state index contributed by atoms with van der Waals surface area (Å²) in [6.07, 6.45) is -2.75. The number of halogens is 4. The summed E-state index contributed by atoms with van der Waals surface area (Å²) in [5.74, 6) is -0.851. The number of methoxy groups -OCH3 is 1. The molecule has 0 radical (unpaired) electrons. The average molecular weight is 406 g/mol. The van der Waals surface area contributed by atoms with Crippen LogP contribution in [0.2, 0.25) is 0 Å². The number of carbonyl (C=O) groups excluding carboxylic acids is 1. The second kappa shape index (κ2) is 5.85. The van der Waals surface area contributed by atoms with Crippen LogP contribution in [0.25, 0.3) is 0 Å². The van der Waals surface area contributed by atoms with Crippen LogP contribution in [0.1, 0.15) is 28.2 Å². The minimum absolute atomic E-state index is 0.303. The fourth-order valence-electron chi connectivity index (χ4n) is 1.10. The van der Waals surface area contributed by atoms with Gasteiger partial charge in [-0.05, 0) is 28.7 Å². The van der Waals surface area contributed by atoms with E-state index in [1.54, 1.807) is 22.6 Å². The standard InChI is InChI=1S/C9H7BrF2INO2/c1-16-9(15)7-6(8(11)12)5(13)2-4(3-10)14-7/h2,8H,3H2,1H3. The van der Waals surface area contributed by atoms with Crippen LogP contribution in [0.3, 0.4) is 0 Å². The lowest BCUT2D eigenvalue weighted by atomic mass is 10.2. The van der Waals surface area contributed by atoms with Crippen molar-refractivity contribution in [1.82, 2.24) is 4.98 Å². The van der Waals surface area contributed by atoms with Gasteiger partial charge in [0.1, 0.15) is 0 Å². The molecule has 0 aliphatic heterocycles. The molecule has 88 valence electrons. The Morgan fingerprint density at radius 2 is 2.31 bits per heavy atom. The summed E-state index contributed by atoms with van der Waals surface area (Å²) in [5.41, 5.74) is -0.190. The molecule has 1 aromatic rings. The van der Waals surface area contributed by atoms with Gasteiger partial charge in [-0.3, -0.25) is 0 Å². The highest BCUT2D eigenvalue weighted by Gasteiger charge is 2.24. The summed E-state index contributed by atoms with van der Waals surface area (Å²) in [6, 6.07) is 1.50. The van der Waals surface area contributed by atoms with Gasteiger partial charge in [-0.1, -0.05) is 15.9 Å². The van der Waals surface area contributed by atoms with Crippen LogP contribution < -0.4 is 0 Å². The Morgan fingerprint density at radius 1 is 1.69 bits per heavy atom. The second-order valence-corrected chi connectivity index (χ2v) is 4.51. The summed E-state index contributed by atoms with van der Waals surface area (Å²) < 4.78 is 30.2. The molecule has 0 saturated carbocycles. The molecular formula is C9H7BrF2INO2. The molecule has 3 nitrogen and oxygen atoms in total. The van der Waals surface area contributed by atoms with E-state index in [9.17, 15) is 13.6 Å². The molecule has 0 aliphatic rings. The summed E-state index contributed by atoms with van der Waals surface area (Å²) in [4.78, 5) is 15.2. The molecule has 0 aliphatic carbocycles. The Bertz CT molecular complexity index is 415. The third-order valence-corrected chi connectivity index (χ3v) is 3.26. The van der Waals surface area contributed by atoms with E-state index in [0.29, 0.717) is 14.6 Å². The fraction of sp³-hybridized carbons (Fsp3) is 0.333. The number of ether oxygens (including phenoxy) is 1. The van der Waals surface area contributed by atoms with Crippen LogP contribution in [0.5, 0.6) is 0 Å². The van der Waals surface area contributed by atoms with Crippen molar-refractivity contribution >= 4 is 44.5 Å². The third kappa shape index (κ3) is 2.88. The van der Waals surface area contributed by atoms with E-state index in [1.807, 2.05) is 0 Å². The molecule has 0 spiro atoms. The van der Waals surface area contributed by atoms with E-state index in [2.05, 4.69) is 25.7 Å². The molecule has 0 saturated heterocycles. The minimum Gasteiger partial charge on any atom is -0.464 e. The molecule has 1 aromatic heterocycles. The molecule has 0 unspecified atom stereocenters. The van der Waals surface area contributed by atoms with Crippen LogP contribution in [-0.2, 0) is 10.1 Å². The predicted molar refractivity (Wildman–Crippen MR) is 65.9 cm³/mol. The van der Waals surface area contributed by atoms with Gasteiger partial charge in [0.15, 0.2) is 5.69 Å². The summed E-state index contributed by atoms with van der Waals surface area (Å²) in [7, 11) is 1.13. The molecule has 0 amide bonds. The minimum atomic E-state index is -2.75. The number of alkyl halides is 3. The first-order valence-corrected chi connectivity index (χ1v) is 6.33. The van der Waals surface area contributed by atoms with Crippen molar-refractivity contribution in [2.75, 3.05) is 7.11 Å². The molecule has 0 aromatic carbocycles. The first kappa shape index (κ1) is 13.8. The molecule has 16 heavy (non-hydrogen) atoms. The highest BCUT2D eigenvalue weighted by Crippen LogP contribution is 2.28. The van der Waals surface area contributed by atoms with Crippen LogP contribution >= 0.6 is 38.5 Å². The van der Waals surface area contributed by atoms with Gasteiger partial charge < -0.3 is 4.74 Å². The molecule has 0 N–H and O–H groups in total. The maximum atomic E-state index is 12.8. The van der Waals surface area contributed by atoms with E-state index >= 15 is 0 Å². The van der Waals surface area contributed by atoms with Gasteiger partial charge in [0.05, 0.1) is 18.4 Å². The monoisotopic (exact) mass is 405 g/mol. The number of pyridine rings is 1. The maximum Gasteiger partial charge on any atom is 0.357 e. The second-order valence-electron chi connectivity index (χ2n) is 2.78. The van der Waals surface area contributed by atoms with E-state index in [4.69, 9.17) is 0 Å². The van der Waals surface area contributed by atoms with Crippen molar-refractivity contribution in [3.8, 4) is 0 Å². The van der Waals surface area contributed by atoms with Crippen LogP contribution in [0, 0.1) is 3.57 Å². The Balaban J connectivity index is 3.40. The quantitative estimate of drug-likeness (QED) is 0.440. The van der Waals surface area contributed by atoms with E-state index < -0.39 is 12.4 Å². The van der Waals surface area contributed by atoms with Crippen molar-refractivity contribution in [3.63, 3.8) is 0 Å². The summed E-state index contributed by atoms with van der Waals surface area (Å²) >= 11 is 4.90. The Morgan fingerprint density at radius 3 is 2.75 bits per heavy atom. The molecular weight excluding hydrogens is 399 g/mol. The lowest BCUT2D eigenvalue weighted by Gasteiger charge is -2.10. The molecule has 0 atom stereocenters. The largest absolute Gasteiger partial charge is 0.464 e. The molecule has 1 heterocycles. The average Bonchev–Trinajstić information content (AvgIpc) is 2.26.